The van der Waals surface area contributed by atoms with E-state index in [9.17, 15) is 0 Å². The van der Waals surface area contributed by atoms with Crippen LogP contribution in [0.3, 0.4) is 0 Å². The van der Waals surface area contributed by atoms with E-state index in [-0.39, 0.29) is 6.04 Å². The Morgan fingerprint density at radius 2 is 1.79 bits per heavy atom. The van der Waals surface area contributed by atoms with Gasteiger partial charge in [0.1, 0.15) is 11.5 Å². The van der Waals surface area contributed by atoms with E-state index >= 15 is 0 Å². The van der Waals surface area contributed by atoms with Crippen molar-refractivity contribution in [3.8, 4) is 0 Å². The van der Waals surface area contributed by atoms with Crippen LogP contribution in [0.15, 0.2) is 43.7 Å². The molecular formula is C15H17Br2NO. The van der Waals surface area contributed by atoms with Gasteiger partial charge in [0, 0.05) is 15.4 Å². The van der Waals surface area contributed by atoms with E-state index in [1.165, 1.54) is 5.56 Å². The first-order valence-corrected chi connectivity index (χ1v) is 8.00. The minimum Gasteiger partial charge on any atom is -0.464 e. The molecule has 0 aliphatic heterocycles. The zero-order valence-electron chi connectivity index (χ0n) is 11.0. The van der Waals surface area contributed by atoms with Gasteiger partial charge in [-0.25, -0.2) is 0 Å². The van der Waals surface area contributed by atoms with Crippen molar-refractivity contribution in [2.45, 2.75) is 26.3 Å². The summed E-state index contributed by atoms with van der Waals surface area (Å²) in [4.78, 5) is 0. The Balaban J connectivity index is 2.38. The largest absolute Gasteiger partial charge is 0.464 e. The SMILES string of the molecule is CCNC(c1cc(Br)cc(Br)c1)c1ccc(CC)o1. The van der Waals surface area contributed by atoms with Gasteiger partial charge >= 0.3 is 0 Å². The number of benzene rings is 1. The summed E-state index contributed by atoms with van der Waals surface area (Å²) < 4.78 is 8.00. The summed E-state index contributed by atoms with van der Waals surface area (Å²) in [5, 5.41) is 3.47. The molecule has 1 heterocycles. The minimum atomic E-state index is 0.0825. The molecule has 0 radical (unpaired) electrons. The highest BCUT2D eigenvalue weighted by Crippen LogP contribution is 2.29. The predicted molar refractivity (Wildman–Crippen MR) is 85.4 cm³/mol. The van der Waals surface area contributed by atoms with Gasteiger partial charge in [-0.15, -0.1) is 0 Å². The first kappa shape index (κ1) is 14.8. The van der Waals surface area contributed by atoms with E-state index in [1.54, 1.807) is 0 Å². The van der Waals surface area contributed by atoms with E-state index in [0.717, 1.165) is 33.4 Å². The van der Waals surface area contributed by atoms with E-state index in [0.29, 0.717) is 0 Å². The molecule has 1 unspecified atom stereocenters. The summed E-state index contributed by atoms with van der Waals surface area (Å²) in [6.45, 7) is 5.08. The molecule has 2 nitrogen and oxygen atoms in total. The Labute approximate surface area is 130 Å². The summed E-state index contributed by atoms with van der Waals surface area (Å²) in [5.41, 5.74) is 1.18. The van der Waals surface area contributed by atoms with E-state index in [1.807, 2.05) is 12.1 Å². The van der Waals surface area contributed by atoms with Gasteiger partial charge in [0.15, 0.2) is 0 Å². The molecule has 1 aromatic heterocycles. The van der Waals surface area contributed by atoms with Gasteiger partial charge in [0.25, 0.3) is 0 Å². The van der Waals surface area contributed by atoms with Crippen molar-refractivity contribution in [3.63, 3.8) is 0 Å². The summed E-state index contributed by atoms with van der Waals surface area (Å²) in [6.07, 6.45) is 0.918. The molecule has 0 bridgehead atoms. The zero-order valence-corrected chi connectivity index (χ0v) is 14.2. The lowest BCUT2D eigenvalue weighted by Crippen LogP contribution is -2.21. The molecule has 0 saturated heterocycles. The van der Waals surface area contributed by atoms with Crippen molar-refractivity contribution in [3.05, 3.63) is 56.4 Å². The van der Waals surface area contributed by atoms with Crippen molar-refractivity contribution in [2.24, 2.45) is 0 Å². The highest BCUT2D eigenvalue weighted by molar-refractivity contribution is 9.11. The van der Waals surface area contributed by atoms with Gasteiger partial charge < -0.3 is 9.73 Å². The number of hydrogen-bond donors (Lipinski definition) is 1. The third kappa shape index (κ3) is 3.71. The molecule has 2 aromatic rings. The van der Waals surface area contributed by atoms with Gasteiger partial charge in [0.05, 0.1) is 6.04 Å². The average molecular weight is 387 g/mol. The average Bonchev–Trinajstić information content (AvgIpc) is 2.83. The summed E-state index contributed by atoms with van der Waals surface area (Å²) in [7, 11) is 0. The molecule has 0 aliphatic rings. The second-order valence-electron chi connectivity index (χ2n) is 4.35. The van der Waals surface area contributed by atoms with E-state index in [2.05, 4.69) is 69.2 Å². The van der Waals surface area contributed by atoms with Crippen LogP contribution in [-0.2, 0) is 6.42 Å². The molecule has 0 aliphatic carbocycles. The maximum Gasteiger partial charge on any atom is 0.125 e. The third-order valence-electron chi connectivity index (χ3n) is 2.94. The van der Waals surface area contributed by atoms with Crippen molar-refractivity contribution < 1.29 is 4.42 Å². The van der Waals surface area contributed by atoms with Gasteiger partial charge in [-0.3, -0.25) is 0 Å². The second kappa shape index (κ2) is 6.73. The van der Waals surface area contributed by atoms with Crippen LogP contribution in [0.4, 0.5) is 0 Å². The molecule has 4 heteroatoms. The number of hydrogen-bond acceptors (Lipinski definition) is 2. The fourth-order valence-corrected chi connectivity index (χ4v) is 3.40. The van der Waals surface area contributed by atoms with Crippen molar-refractivity contribution >= 4 is 31.9 Å². The lowest BCUT2D eigenvalue weighted by atomic mass is 10.0. The Kier molecular flexibility index (Phi) is 5.25. The topological polar surface area (TPSA) is 25.2 Å². The molecule has 1 N–H and O–H groups in total. The lowest BCUT2D eigenvalue weighted by molar-refractivity contribution is 0.425. The molecule has 19 heavy (non-hydrogen) atoms. The molecule has 0 amide bonds. The number of rotatable bonds is 5. The molecule has 102 valence electrons. The van der Waals surface area contributed by atoms with Crippen molar-refractivity contribution in [2.75, 3.05) is 6.54 Å². The van der Waals surface area contributed by atoms with Crippen LogP contribution in [-0.4, -0.2) is 6.54 Å². The molecule has 0 saturated carbocycles. The summed E-state index contributed by atoms with van der Waals surface area (Å²) in [6, 6.07) is 10.5. The maximum absolute atomic E-state index is 5.89. The van der Waals surface area contributed by atoms with Crippen molar-refractivity contribution in [1.29, 1.82) is 0 Å². The van der Waals surface area contributed by atoms with Crippen LogP contribution in [0.25, 0.3) is 0 Å². The minimum absolute atomic E-state index is 0.0825. The first-order chi connectivity index (χ1) is 9.13. The summed E-state index contributed by atoms with van der Waals surface area (Å²) in [5.74, 6) is 1.98. The Hall–Kier alpha value is -0.580. The van der Waals surface area contributed by atoms with E-state index in [4.69, 9.17) is 4.42 Å². The van der Waals surface area contributed by atoms with E-state index < -0.39 is 0 Å². The van der Waals surface area contributed by atoms with Crippen LogP contribution in [0.2, 0.25) is 0 Å². The maximum atomic E-state index is 5.89. The normalized spacial score (nSPS) is 12.6. The number of nitrogens with one attached hydrogen (secondary N) is 1. The first-order valence-electron chi connectivity index (χ1n) is 6.42. The quantitative estimate of drug-likeness (QED) is 0.776. The molecule has 2 rings (SSSR count). The predicted octanol–water partition coefficient (Wildman–Crippen LogP) is 5.07. The van der Waals surface area contributed by atoms with Crippen LogP contribution in [0.1, 0.15) is 37.0 Å². The standard InChI is InChI=1S/C15H17Br2NO/c1-3-13-5-6-14(19-13)15(18-4-2)10-7-11(16)9-12(17)8-10/h5-9,15,18H,3-4H2,1-2H3. The summed E-state index contributed by atoms with van der Waals surface area (Å²) >= 11 is 7.07. The Morgan fingerprint density at radius 1 is 1.11 bits per heavy atom. The molecule has 1 aromatic carbocycles. The van der Waals surface area contributed by atoms with Crippen LogP contribution in [0.5, 0.6) is 0 Å². The smallest absolute Gasteiger partial charge is 0.125 e. The van der Waals surface area contributed by atoms with Gasteiger partial charge in [0.2, 0.25) is 0 Å². The highest BCUT2D eigenvalue weighted by atomic mass is 79.9. The van der Waals surface area contributed by atoms with Crippen molar-refractivity contribution in [1.82, 2.24) is 5.32 Å². The molecule has 0 fully saturated rings. The number of furan rings is 1. The monoisotopic (exact) mass is 385 g/mol. The molecular weight excluding hydrogens is 370 g/mol. The highest BCUT2D eigenvalue weighted by Gasteiger charge is 2.17. The molecule has 0 spiro atoms. The van der Waals surface area contributed by atoms with Gasteiger partial charge in [-0.1, -0.05) is 45.7 Å². The molecule has 1 atom stereocenters. The van der Waals surface area contributed by atoms with Gasteiger partial charge in [-0.2, -0.15) is 0 Å². The van der Waals surface area contributed by atoms with Crippen LogP contribution < -0.4 is 5.32 Å². The Bertz CT molecular complexity index is 531. The number of halogens is 2. The second-order valence-corrected chi connectivity index (χ2v) is 6.18. The number of aryl methyl sites for hydroxylation is 1. The fourth-order valence-electron chi connectivity index (χ4n) is 2.07. The van der Waals surface area contributed by atoms with Gasteiger partial charge in [-0.05, 0) is 42.4 Å². The van der Waals surface area contributed by atoms with Crippen LogP contribution >= 0.6 is 31.9 Å². The zero-order chi connectivity index (χ0) is 13.8. The lowest BCUT2D eigenvalue weighted by Gasteiger charge is -2.17. The fraction of sp³-hybridized carbons (Fsp3) is 0.333. The third-order valence-corrected chi connectivity index (χ3v) is 3.86. The Morgan fingerprint density at radius 3 is 2.32 bits per heavy atom. The van der Waals surface area contributed by atoms with Crippen LogP contribution in [0, 0.1) is 0 Å².